The number of fused-ring (bicyclic) bond motifs is 1. The Balaban J connectivity index is 1.70. The van der Waals surface area contributed by atoms with E-state index in [-0.39, 0.29) is 0 Å². The fourth-order valence-corrected chi connectivity index (χ4v) is 3.06. The second-order valence-corrected chi connectivity index (χ2v) is 5.96. The lowest BCUT2D eigenvalue weighted by atomic mass is 10.1. The van der Waals surface area contributed by atoms with Crippen molar-refractivity contribution in [2.24, 2.45) is 0 Å². The van der Waals surface area contributed by atoms with E-state index in [0.717, 1.165) is 54.3 Å². The second kappa shape index (κ2) is 6.01. The summed E-state index contributed by atoms with van der Waals surface area (Å²) in [6.45, 7) is 3.69. The predicted octanol–water partition coefficient (Wildman–Crippen LogP) is 3.30. The molecule has 0 aliphatic carbocycles. The van der Waals surface area contributed by atoms with Crippen LogP contribution in [-0.4, -0.2) is 33.9 Å². The van der Waals surface area contributed by atoms with Gasteiger partial charge in [-0.15, -0.1) is 0 Å². The normalized spacial score (nSPS) is 17.7. The molecular formula is C18H20N4O. The van der Waals surface area contributed by atoms with Crippen molar-refractivity contribution in [3.63, 3.8) is 0 Å². The van der Waals surface area contributed by atoms with E-state index in [0.29, 0.717) is 6.10 Å². The Kier molecular flexibility index (Phi) is 3.71. The molecule has 0 radical (unpaired) electrons. The van der Waals surface area contributed by atoms with Gasteiger partial charge in [-0.1, -0.05) is 30.3 Å². The summed E-state index contributed by atoms with van der Waals surface area (Å²) < 4.78 is 7.56. The van der Waals surface area contributed by atoms with Crippen LogP contribution in [0.1, 0.15) is 18.5 Å². The van der Waals surface area contributed by atoms with Crippen LogP contribution in [-0.2, 0) is 4.74 Å². The molecule has 23 heavy (non-hydrogen) atoms. The maximum Gasteiger partial charge on any atom is 0.165 e. The zero-order valence-electron chi connectivity index (χ0n) is 13.2. The van der Waals surface area contributed by atoms with Gasteiger partial charge in [0.2, 0.25) is 0 Å². The quantitative estimate of drug-likeness (QED) is 0.803. The van der Waals surface area contributed by atoms with Crippen molar-refractivity contribution in [2.75, 3.05) is 18.5 Å². The third-order valence-corrected chi connectivity index (χ3v) is 4.22. The van der Waals surface area contributed by atoms with Gasteiger partial charge in [0.05, 0.1) is 12.3 Å². The smallest absolute Gasteiger partial charge is 0.165 e. The minimum Gasteiger partial charge on any atom is -0.376 e. The monoisotopic (exact) mass is 308 g/mol. The first-order valence-corrected chi connectivity index (χ1v) is 8.07. The molecule has 1 saturated heterocycles. The lowest BCUT2D eigenvalue weighted by Gasteiger charge is -2.13. The minimum absolute atomic E-state index is 0.294. The van der Waals surface area contributed by atoms with Crippen molar-refractivity contribution in [1.82, 2.24) is 14.6 Å². The summed E-state index contributed by atoms with van der Waals surface area (Å²) in [5.74, 6) is 0.963. The number of anilines is 1. The minimum atomic E-state index is 0.294. The first kappa shape index (κ1) is 14.2. The van der Waals surface area contributed by atoms with Gasteiger partial charge in [0.1, 0.15) is 5.82 Å². The molecule has 5 heteroatoms. The molecule has 0 spiro atoms. The van der Waals surface area contributed by atoms with Gasteiger partial charge in [-0.25, -0.2) is 4.98 Å². The van der Waals surface area contributed by atoms with E-state index in [4.69, 9.17) is 4.74 Å². The van der Waals surface area contributed by atoms with Gasteiger partial charge in [-0.2, -0.15) is 9.61 Å². The Morgan fingerprint density at radius 2 is 2.17 bits per heavy atom. The molecule has 0 saturated carbocycles. The average Bonchev–Trinajstić information content (AvgIpc) is 3.23. The molecule has 0 amide bonds. The summed E-state index contributed by atoms with van der Waals surface area (Å²) in [7, 11) is 0. The van der Waals surface area contributed by atoms with E-state index in [2.05, 4.69) is 27.5 Å². The summed E-state index contributed by atoms with van der Waals surface area (Å²) >= 11 is 0. The highest BCUT2D eigenvalue weighted by atomic mass is 16.5. The molecule has 1 atom stereocenters. The molecule has 3 aromatic rings. The number of benzene rings is 1. The summed E-state index contributed by atoms with van der Waals surface area (Å²) in [5.41, 5.74) is 4.04. The van der Waals surface area contributed by atoms with Gasteiger partial charge in [-0.3, -0.25) is 0 Å². The molecule has 0 bridgehead atoms. The van der Waals surface area contributed by atoms with Crippen LogP contribution in [0.5, 0.6) is 0 Å². The first-order chi connectivity index (χ1) is 11.3. The number of nitrogens with zero attached hydrogens (tertiary/aromatic N) is 3. The first-order valence-electron chi connectivity index (χ1n) is 8.07. The third kappa shape index (κ3) is 2.80. The standard InChI is InChI=1S/C18H20N4O/c1-13-10-17(19-11-15-8-5-9-23-15)22-18(21-13)16(12-20-22)14-6-3-2-4-7-14/h2-4,6-7,10,12,15,19H,5,8-9,11H2,1H3/t15-/m0/s1. The highest BCUT2D eigenvalue weighted by molar-refractivity contribution is 5.78. The highest BCUT2D eigenvalue weighted by Gasteiger charge is 2.17. The van der Waals surface area contributed by atoms with Crippen LogP contribution in [0.25, 0.3) is 16.8 Å². The molecule has 118 valence electrons. The van der Waals surface area contributed by atoms with Gasteiger partial charge in [0, 0.05) is 30.5 Å². The fraction of sp³-hybridized carbons (Fsp3) is 0.333. The maximum absolute atomic E-state index is 5.68. The maximum atomic E-state index is 5.68. The van der Waals surface area contributed by atoms with E-state index in [1.165, 1.54) is 0 Å². The molecule has 1 fully saturated rings. The van der Waals surface area contributed by atoms with Gasteiger partial charge >= 0.3 is 0 Å². The van der Waals surface area contributed by atoms with Gasteiger partial charge in [-0.05, 0) is 25.3 Å². The molecule has 1 aliphatic heterocycles. The molecule has 1 aromatic carbocycles. The van der Waals surface area contributed by atoms with Gasteiger partial charge < -0.3 is 10.1 Å². The summed E-state index contributed by atoms with van der Waals surface area (Å²) in [5, 5.41) is 8.00. The van der Waals surface area contributed by atoms with Crippen LogP contribution in [0, 0.1) is 6.92 Å². The summed E-state index contributed by atoms with van der Waals surface area (Å²) in [6, 6.07) is 12.3. The van der Waals surface area contributed by atoms with E-state index in [1.54, 1.807) is 0 Å². The third-order valence-electron chi connectivity index (χ3n) is 4.22. The van der Waals surface area contributed by atoms with Crippen LogP contribution < -0.4 is 5.32 Å². The Morgan fingerprint density at radius 3 is 2.96 bits per heavy atom. The molecule has 0 unspecified atom stereocenters. The van der Waals surface area contributed by atoms with Crippen molar-refractivity contribution in [3.8, 4) is 11.1 Å². The zero-order valence-corrected chi connectivity index (χ0v) is 13.2. The van der Waals surface area contributed by atoms with Crippen molar-refractivity contribution in [2.45, 2.75) is 25.9 Å². The van der Waals surface area contributed by atoms with E-state index in [9.17, 15) is 0 Å². The lowest BCUT2D eigenvalue weighted by molar-refractivity contribution is 0.120. The number of aromatic nitrogens is 3. The molecule has 4 rings (SSSR count). The largest absolute Gasteiger partial charge is 0.376 e. The van der Waals surface area contributed by atoms with Crippen molar-refractivity contribution < 1.29 is 4.74 Å². The molecular weight excluding hydrogens is 288 g/mol. The predicted molar refractivity (Wildman–Crippen MR) is 90.6 cm³/mol. The molecule has 3 heterocycles. The van der Waals surface area contributed by atoms with Crippen LogP contribution >= 0.6 is 0 Å². The van der Waals surface area contributed by atoms with Crippen molar-refractivity contribution in [3.05, 3.63) is 48.3 Å². The number of hydrogen-bond donors (Lipinski definition) is 1. The fourth-order valence-electron chi connectivity index (χ4n) is 3.06. The number of ether oxygens (including phenoxy) is 1. The van der Waals surface area contributed by atoms with Crippen LogP contribution in [0.15, 0.2) is 42.6 Å². The number of hydrogen-bond acceptors (Lipinski definition) is 4. The average molecular weight is 308 g/mol. The Labute approximate surface area is 135 Å². The van der Waals surface area contributed by atoms with Crippen molar-refractivity contribution in [1.29, 1.82) is 0 Å². The summed E-state index contributed by atoms with van der Waals surface area (Å²) in [6.07, 6.45) is 4.45. The van der Waals surface area contributed by atoms with Crippen molar-refractivity contribution >= 4 is 11.5 Å². The molecule has 1 aliphatic rings. The highest BCUT2D eigenvalue weighted by Crippen LogP contribution is 2.25. The second-order valence-electron chi connectivity index (χ2n) is 5.96. The number of aryl methyl sites for hydroxylation is 1. The van der Waals surface area contributed by atoms with E-state index >= 15 is 0 Å². The summed E-state index contributed by atoms with van der Waals surface area (Å²) in [4.78, 5) is 4.68. The Morgan fingerprint density at radius 1 is 1.30 bits per heavy atom. The van der Waals surface area contributed by atoms with Crippen LogP contribution in [0.4, 0.5) is 5.82 Å². The van der Waals surface area contributed by atoms with Crippen LogP contribution in [0.3, 0.4) is 0 Å². The van der Waals surface area contributed by atoms with Gasteiger partial charge in [0.25, 0.3) is 0 Å². The zero-order chi connectivity index (χ0) is 15.6. The SMILES string of the molecule is Cc1cc(NC[C@@H]2CCCO2)n2ncc(-c3ccccc3)c2n1. The number of rotatable bonds is 4. The topological polar surface area (TPSA) is 51.5 Å². The molecule has 5 nitrogen and oxygen atoms in total. The van der Waals surface area contributed by atoms with E-state index in [1.807, 2.05) is 41.9 Å². The van der Waals surface area contributed by atoms with Crippen LogP contribution in [0.2, 0.25) is 0 Å². The Hall–Kier alpha value is -2.40. The van der Waals surface area contributed by atoms with E-state index < -0.39 is 0 Å². The van der Waals surface area contributed by atoms with Gasteiger partial charge in [0.15, 0.2) is 5.65 Å². The molecule has 1 N–H and O–H groups in total. The lowest BCUT2D eigenvalue weighted by Crippen LogP contribution is -2.20. The Bertz CT molecular complexity index is 807. The molecule has 2 aromatic heterocycles. The number of nitrogens with one attached hydrogen (secondary N) is 1.